The van der Waals surface area contributed by atoms with Crippen LogP contribution in [0.4, 0.5) is 0 Å². The molecular formula is C2H3LiO2. The molecule has 0 spiro atoms. The van der Waals surface area contributed by atoms with E-state index >= 15 is 0 Å². The van der Waals surface area contributed by atoms with Gasteiger partial charge in [-0.3, -0.25) is 0 Å². The van der Waals surface area contributed by atoms with Crippen molar-refractivity contribution in [2.45, 2.75) is 0 Å². The predicted octanol–water partition coefficient (Wildman–Crippen LogP) is -3.57. The molecular weight excluding hydrogens is 63.0 g/mol. The molecule has 0 aliphatic rings. The smallest absolute Gasteiger partial charge is 0.664 e. The average Bonchev–Trinajstić information content (AvgIpc) is 1.37. The first kappa shape index (κ1) is 8.92. The Morgan fingerprint density at radius 3 is 2.00 bits per heavy atom. The Balaban J connectivity index is 0. The zero-order chi connectivity index (χ0) is 3.41. The van der Waals surface area contributed by atoms with Gasteiger partial charge in [-0.15, -0.1) is 0 Å². The molecule has 0 aromatic carbocycles. The van der Waals surface area contributed by atoms with Crippen molar-refractivity contribution in [3.05, 3.63) is 12.8 Å². The fourth-order valence-corrected chi connectivity index (χ4v) is 0. The van der Waals surface area contributed by atoms with Crippen LogP contribution in [0.1, 0.15) is 0 Å². The van der Waals surface area contributed by atoms with Gasteiger partial charge in [-0.1, -0.05) is 6.58 Å². The van der Waals surface area contributed by atoms with Crippen LogP contribution in [-0.2, 0) is 4.89 Å². The summed E-state index contributed by atoms with van der Waals surface area (Å²) in [7, 11) is 0. The second-order valence-electron chi connectivity index (χ2n) is 0.263. The van der Waals surface area contributed by atoms with E-state index in [0.717, 1.165) is 6.26 Å². The third-order valence-corrected chi connectivity index (χ3v) is 0.0680. The normalized spacial score (nSPS) is 4.20. The molecule has 0 radical (unpaired) electrons. The minimum atomic E-state index is 0. The van der Waals surface area contributed by atoms with Crippen LogP contribution in [-0.4, -0.2) is 0 Å². The first-order chi connectivity index (χ1) is 1.91. The molecule has 0 amide bonds. The summed E-state index contributed by atoms with van der Waals surface area (Å²) in [6.07, 6.45) is 0.819. The van der Waals surface area contributed by atoms with E-state index in [4.69, 9.17) is 5.26 Å². The third kappa shape index (κ3) is 15.0. The largest absolute Gasteiger partial charge is 1.00 e. The summed E-state index contributed by atoms with van der Waals surface area (Å²) in [4.78, 5) is 3.06. The zero-order valence-corrected chi connectivity index (χ0v) is 3.10. The molecule has 0 aromatic rings. The van der Waals surface area contributed by atoms with Gasteiger partial charge in [-0.05, 0) is 0 Å². The van der Waals surface area contributed by atoms with Crippen LogP contribution in [0.15, 0.2) is 12.8 Å². The summed E-state index contributed by atoms with van der Waals surface area (Å²) in [5.41, 5.74) is 0. The van der Waals surface area contributed by atoms with Gasteiger partial charge in [0.25, 0.3) is 0 Å². The van der Waals surface area contributed by atoms with Gasteiger partial charge in [0.05, 0.1) is 6.26 Å². The second-order valence-corrected chi connectivity index (χ2v) is 0.263. The minimum absolute atomic E-state index is 0. The molecule has 0 aliphatic carbocycles. The van der Waals surface area contributed by atoms with Crippen molar-refractivity contribution in [1.29, 1.82) is 0 Å². The van der Waals surface area contributed by atoms with Gasteiger partial charge in [0.2, 0.25) is 0 Å². The van der Waals surface area contributed by atoms with Crippen LogP contribution in [0.3, 0.4) is 0 Å². The molecule has 3 heteroatoms. The summed E-state index contributed by atoms with van der Waals surface area (Å²) >= 11 is 0. The van der Waals surface area contributed by atoms with Crippen molar-refractivity contribution in [2.24, 2.45) is 0 Å². The second kappa shape index (κ2) is 8.94. The van der Waals surface area contributed by atoms with E-state index in [1.807, 2.05) is 0 Å². The summed E-state index contributed by atoms with van der Waals surface area (Å²) in [5.74, 6) is 0. The van der Waals surface area contributed by atoms with Gasteiger partial charge in [0.15, 0.2) is 0 Å². The van der Waals surface area contributed by atoms with Gasteiger partial charge in [-0.25, -0.2) is 0 Å². The van der Waals surface area contributed by atoms with Crippen LogP contribution in [0.2, 0.25) is 0 Å². The maximum Gasteiger partial charge on any atom is 1.00 e. The molecule has 0 heterocycles. The van der Waals surface area contributed by atoms with E-state index in [-0.39, 0.29) is 18.9 Å². The average molecular weight is 66.0 g/mol. The molecule has 0 rings (SSSR count). The van der Waals surface area contributed by atoms with Crippen molar-refractivity contribution < 1.29 is 29.0 Å². The molecule has 0 saturated carbocycles. The number of hydrogen-bond acceptors (Lipinski definition) is 2. The summed E-state index contributed by atoms with van der Waals surface area (Å²) in [5, 5.41) is 8.68. The van der Waals surface area contributed by atoms with Crippen LogP contribution >= 0.6 is 0 Å². The molecule has 2 nitrogen and oxygen atoms in total. The molecule has 0 N–H and O–H groups in total. The SMILES string of the molecule is C=CO[O-].[Li+]. The Hall–Kier alpha value is 0.0974. The molecule has 0 aliphatic heterocycles. The van der Waals surface area contributed by atoms with E-state index in [1.165, 1.54) is 0 Å². The predicted molar refractivity (Wildman–Crippen MR) is 11.3 cm³/mol. The van der Waals surface area contributed by atoms with Crippen LogP contribution in [0.25, 0.3) is 0 Å². The Morgan fingerprint density at radius 2 is 2.00 bits per heavy atom. The fraction of sp³-hybridized carbons (Fsp3) is 0. The van der Waals surface area contributed by atoms with Crippen LogP contribution in [0.5, 0.6) is 0 Å². The Labute approximate surface area is 42.5 Å². The maximum absolute atomic E-state index is 8.68. The van der Waals surface area contributed by atoms with E-state index in [0.29, 0.717) is 0 Å². The van der Waals surface area contributed by atoms with E-state index in [1.54, 1.807) is 0 Å². The van der Waals surface area contributed by atoms with Gasteiger partial charge < -0.3 is 10.1 Å². The summed E-state index contributed by atoms with van der Waals surface area (Å²) < 4.78 is 0. The Kier molecular flexibility index (Phi) is 15.9. The van der Waals surface area contributed by atoms with E-state index in [2.05, 4.69) is 11.5 Å². The first-order valence-corrected chi connectivity index (χ1v) is 0.811. The van der Waals surface area contributed by atoms with Gasteiger partial charge in [-0.2, -0.15) is 0 Å². The Bertz CT molecular complexity index is 21.6. The van der Waals surface area contributed by atoms with E-state index in [9.17, 15) is 0 Å². The van der Waals surface area contributed by atoms with Crippen molar-refractivity contribution in [3.8, 4) is 0 Å². The molecule has 0 saturated heterocycles. The van der Waals surface area contributed by atoms with Crippen molar-refractivity contribution in [3.63, 3.8) is 0 Å². The molecule has 0 aromatic heterocycles. The topological polar surface area (TPSA) is 32.3 Å². The summed E-state index contributed by atoms with van der Waals surface area (Å²) in [6.45, 7) is 2.94. The number of rotatable bonds is 1. The molecule has 24 valence electrons. The maximum atomic E-state index is 8.68. The van der Waals surface area contributed by atoms with Crippen LogP contribution < -0.4 is 24.1 Å². The minimum Gasteiger partial charge on any atom is -0.664 e. The number of hydrogen-bond donors (Lipinski definition) is 0. The van der Waals surface area contributed by atoms with Crippen molar-refractivity contribution >= 4 is 0 Å². The van der Waals surface area contributed by atoms with Gasteiger partial charge >= 0.3 is 18.9 Å². The van der Waals surface area contributed by atoms with Crippen LogP contribution in [0, 0.1) is 0 Å². The molecule has 0 atom stereocenters. The van der Waals surface area contributed by atoms with Gasteiger partial charge in [0, 0.05) is 0 Å². The summed E-state index contributed by atoms with van der Waals surface area (Å²) in [6, 6.07) is 0. The van der Waals surface area contributed by atoms with Crippen molar-refractivity contribution in [2.75, 3.05) is 0 Å². The van der Waals surface area contributed by atoms with E-state index < -0.39 is 0 Å². The van der Waals surface area contributed by atoms with Crippen molar-refractivity contribution in [1.82, 2.24) is 0 Å². The fourth-order valence-electron chi connectivity index (χ4n) is 0. The Morgan fingerprint density at radius 1 is 1.80 bits per heavy atom. The van der Waals surface area contributed by atoms with Gasteiger partial charge in [0.1, 0.15) is 0 Å². The quantitative estimate of drug-likeness (QED) is 0.137. The standard InChI is InChI=1S/C2H4O2.Li/c1-2-4-3;/h2-3H,1H2;/q;+1/p-1. The first-order valence-electron chi connectivity index (χ1n) is 0.811. The molecule has 0 fully saturated rings. The molecule has 0 unspecified atom stereocenters. The monoisotopic (exact) mass is 66.0 g/mol. The molecule has 0 bridgehead atoms. The zero-order valence-electron chi connectivity index (χ0n) is 3.10. The molecule has 5 heavy (non-hydrogen) atoms. The third-order valence-electron chi connectivity index (χ3n) is 0.0680.